The lowest BCUT2D eigenvalue weighted by atomic mass is 10.2. The highest BCUT2D eigenvalue weighted by Gasteiger charge is 2.26. The van der Waals surface area contributed by atoms with Crippen LogP contribution in [0.5, 0.6) is 0 Å². The Hall–Kier alpha value is -0.140. The Kier molecular flexibility index (Phi) is 3.86. The predicted molar refractivity (Wildman–Crippen MR) is 71.8 cm³/mol. The molecule has 0 spiro atoms. The first-order valence-electron chi connectivity index (χ1n) is 5.22. The first-order valence-corrected chi connectivity index (χ1v) is 6.68. The molecule has 2 N–H and O–H groups in total. The third kappa shape index (κ3) is 2.57. The van der Waals surface area contributed by atoms with Crippen LogP contribution in [0.1, 0.15) is 25.1 Å². The zero-order valence-corrected chi connectivity index (χ0v) is 11.8. The molecule has 0 radical (unpaired) electrons. The molecule has 16 heavy (non-hydrogen) atoms. The first kappa shape index (κ1) is 12.3. The standard InChI is InChI=1S/C10H13ClIN3O/c1-5-13-9(11)8(12)10(14-5)15-6-3-2-4-7(6)16/h6-7,16H,2-4H2,1H3,(H,13,14,15)/t6-,7-/m1/s1. The molecule has 1 aliphatic rings. The van der Waals surface area contributed by atoms with Crippen molar-refractivity contribution in [2.75, 3.05) is 5.32 Å². The largest absolute Gasteiger partial charge is 0.391 e. The van der Waals surface area contributed by atoms with Gasteiger partial charge in [-0.3, -0.25) is 0 Å². The predicted octanol–water partition coefficient (Wildman–Crippen LogP) is 2.37. The monoisotopic (exact) mass is 353 g/mol. The van der Waals surface area contributed by atoms with E-state index in [1.165, 1.54) is 0 Å². The Morgan fingerprint density at radius 3 is 2.81 bits per heavy atom. The Bertz CT molecular complexity index is 402. The van der Waals surface area contributed by atoms with Gasteiger partial charge in [0.15, 0.2) is 0 Å². The average molecular weight is 354 g/mol. The Morgan fingerprint density at radius 1 is 1.44 bits per heavy atom. The van der Waals surface area contributed by atoms with Gasteiger partial charge in [-0.25, -0.2) is 9.97 Å². The molecule has 2 rings (SSSR count). The van der Waals surface area contributed by atoms with Crippen LogP contribution < -0.4 is 5.32 Å². The lowest BCUT2D eigenvalue weighted by molar-refractivity contribution is 0.171. The van der Waals surface area contributed by atoms with Gasteiger partial charge in [0.25, 0.3) is 0 Å². The number of nitrogens with zero attached hydrogens (tertiary/aromatic N) is 2. The van der Waals surface area contributed by atoms with Crippen molar-refractivity contribution in [3.63, 3.8) is 0 Å². The number of aromatic nitrogens is 2. The molecular weight excluding hydrogens is 340 g/mol. The number of aliphatic hydroxyl groups excluding tert-OH is 1. The Balaban J connectivity index is 2.20. The minimum absolute atomic E-state index is 0.0823. The number of hydrogen-bond donors (Lipinski definition) is 2. The molecule has 1 saturated carbocycles. The quantitative estimate of drug-likeness (QED) is 0.633. The molecule has 0 saturated heterocycles. The summed E-state index contributed by atoms with van der Waals surface area (Å²) in [5, 5.41) is 13.4. The van der Waals surface area contributed by atoms with Gasteiger partial charge in [-0.15, -0.1) is 0 Å². The second-order valence-corrected chi connectivity index (χ2v) is 5.41. The maximum Gasteiger partial charge on any atom is 0.148 e. The van der Waals surface area contributed by atoms with Crippen LogP contribution in [-0.2, 0) is 0 Å². The number of rotatable bonds is 2. The molecule has 4 nitrogen and oxygen atoms in total. The van der Waals surface area contributed by atoms with Crippen LogP contribution in [0.4, 0.5) is 5.82 Å². The highest BCUT2D eigenvalue weighted by atomic mass is 127. The van der Waals surface area contributed by atoms with Crippen molar-refractivity contribution in [3.8, 4) is 0 Å². The summed E-state index contributed by atoms with van der Waals surface area (Å²) in [6.45, 7) is 1.80. The van der Waals surface area contributed by atoms with Gasteiger partial charge in [-0.1, -0.05) is 11.6 Å². The SMILES string of the molecule is Cc1nc(Cl)c(I)c(N[C@@H]2CCC[C@H]2O)n1. The third-order valence-electron chi connectivity index (χ3n) is 2.72. The van der Waals surface area contributed by atoms with Gasteiger partial charge in [-0.05, 0) is 48.8 Å². The van der Waals surface area contributed by atoms with Crippen molar-refractivity contribution in [2.24, 2.45) is 0 Å². The molecule has 1 aromatic heterocycles. The fraction of sp³-hybridized carbons (Fsp3) is 0.600. The van der Waals surface area contributed by atoms with Crippen molar-refractivity contribution in [3.05, 3.63) is 14.5 Å². The zero-order chi connectivity index (χ0) is 11.7. The lowest BCUT2D eigenvalue weighted by Crippen LogP contribution is -2.29. The fourth-order valence-electron chi connectivity index (χ4n) is 1.90. The van der Waals surface area contributed by atoms with E-state index in [1.54, 1.807) is 6.92 Å². The van der Waals surface area contributed by atoms with E-state index in [0.717, 1.165) is 28.7 Å². The molecule has 1 heterocycles. The molecule has 1 fully saturated rings. The van der Waals surface area contributed by atoms with Crippen molar-refractivity contribution < 1.29 is 5.11 Å². The number of aliphatic hydroxyl groups is 1. The summed E-state index contributed by atoms with van der Waals surface area (Å²) in [5.74, 6) is 1.37. The molecule has 2 atom stereocenters. The molecule has 0 aliphatic heterocycles. The Morgan fingerprint density at radius 2 is 2.19 bits per heavy atom. The second-order valence-electron chi connectivity index (χ2n) is 3.97. The summed E-state index contributed by atoms with van der Waals surface area (Å²) in [4.78, 5) is 8.38. The number of aryl methyl sites for hydroxylation is 1. The van der Waals surface area contributed by atoms with Crippen LogP contribution in [0.3, 0.4) is 0 Å². The third-order valence-corrected chi connectivity index (χ3v) is 4.34. The van der Waals surface area contributed by atoms with Crippen LogP contribution in [0, 0.1) is 10.5 Å². The maximum absolute atomic E-state index is 9.74. The van der Waals surface area contributed by atoms with Crippen molar-refractivity contribution in [1.29, 1.82) is 0 Å². The van der Waals surface area contributed by atoms with E-state index in [4.69, 9.17) is 11.6 Å². The van der Waals surface area contributed by atoms with Crippen molar-refractivity contribution in [2.45, 2.75) is 38.3 Å². The van der Waals surface area contributed by atoms with Crippen LogP contribution in [0.25, 0.3) is 0 Å². The topological polar surface area (TPSA) is 58.0 Å². The van der Waals surface area contributed by atoms with Gasteiger partial charge in [0, 0.05) is 0 Å². The molecule has 0 unspecified atom stereocenters. The summed E-state index contributed by atoms with van der Waals surface area (Å²) in [6, 6.07) is 0.0823. The molecule has 0 amide bonds. The summed E-state index contributed by atoms with van der Waals surface area (Å²) in [6.07, 6.45) is 2.59. The number of nitrogens with one attached hydrogen (secondary N) is 1. The molecule has 1 aromatic rings. The normalized spacial score (nSPS) is 24.8. The van der Waals surface area contributed by atoms with Gasteiger partial charge in [0.05, 0.1) is 15.7 Å². The van der Waals surface area contributed by atoms with Crippen LogP contribution >= 0.6 is 34.2 Å². The van der Waals surface area contributed by atoms with Crippen molar-refractivity contribution >= 4 is 40.0 Å². The summed E-state index contributed by atoms with van der Waals surface area (Å²) in [7, 11) is 0. The van der Waals surface area contributed by atoms with E-state index in [9.17, 15) is 5.11 Å². The minimum Gasteiger partial charge on any atom is -0.391 e. The molecule has 1 aliphatic carbocycles. The summed E-state index contributed by atoms with van der Waals surface area (Å²) in [5.41, 5.74) is 0. The number of anilines is 1. The van der Waals surface area contributed by atoms with E-state index in [1.807, 2.05) is 0 Å². The van der Waals surface area contributed by atoms with Crippen LogP contribution in [-0.4, -0.2) is 27.2 Å². The van der Waals surface area contributed by atoms with E-state index in [0.29, 0.717) is 11.0 Å². The molecule has 6 heteroatoms. The maximum atomic E-state index is 9.74. The van der Waals surface area contributed by atoms with Gasteiger partial charge in [-0.2, -0.15) is 0 Å². The summed E-state index contributed by atoms with van der Waals surface area (Å²) < 4.78 is 0.809. The van der Waals surface area contributed by atoms with E-state index in [-0.39, 0.29) is 12.1 Å². The van der Waals surface area contributed by atoms with Gasteiger partial charge < -0.3 is 10.4 Å². The molecular formula is C10H13ClIN3O. The van der Waals surface area contributed by atoms with Gasteiger partial charge >= 0.3 is 0 Å². The minimum atomic E-state index is -0.287. The average Bonchev–Trinajstić information content (AvgIpc) is 2.60. The highest BCUT2D eigenvalue weighted by Crippen LogP contribution is 2.27. The first-order chi connectivity index (χ1) is 7.58. The van der Waals surface area contributed by atoms with E-state index < -0.39 is 0 Å². The van der Waals surface area contributed by atoms with E-state index in [2.05, 4.69) is 37.9 Å². The molecule has 88 valence electrons. The highest BCUT2D eigenvalue weighted by molar-refractivity contribution is 14.1. The lowest BCUT2D eigenvalue weighted by Gasteiger charge is -2.18. The van der Waals surface area contributed by atoms with Crippen LogP contribution in [0.15, 0.2) is 0 Å². The summed E-state index contributed by atoms with van der Waals surface area (Å²) >= 11 is 8.09. The van der Waals surface area contributed by atoms with Crippen molar-refractivity contribution in [1.82, 2.24) is 9.97 Å². The second kappa shape index (κ2) is 5.01. The number of halogens is 2. The van der Waals surface area contributed by atoms with Gasteiger partial charge in [0.2, 0.25) is 0 Å². The number of hydrogen-bond acceptors (Lipinski definition) is 4. The van der Waals surface area contributed by atoms with Gasteiger partial charge in [0.1, 0.15) is 16.8 Å². The zero-order valence-electron chi connectivity index (χ0n) is 8.87. The van der Waals surface area contributed by atoms with Crippen LogP contribution in [0.2, 0.25) is 5.15 Å². The molecule has 0 aromatic carbocycles. The fourth-order valence-corrected chi connectivity index (χ4v) is 2.51. The van der Waals surface area contributed by atoms with E-state index >= 15 is 0 Å². The Labute approximate surface area is 113 Å². The molecule has 0 bridgehead atoms. The smallest absolute Gasteiger partial charge is 0.148 e.